The van der Waals surface area contributed by atoms with Crippen molar-refractivity contribution < 1.29 is 9.53 Å². The maximum Gasteiger partial charge on any atom is 0.330 e. The Morgan fingerprint density at radius 2 is 1.78 bits per heavy atom. The van der Waals surface area contributed by atoms with Crippen LogP contribution in [-0.2, 0) is 9.53 Å². The van der Waals surface area contributed by atoms with Crippen molar-refractivity contribution in [2.45, 2.75) is 46.5 Å². The zero-order valence-electron chi connectivity index (χ0n) is 11.9. The molecule has 0 rings (SSSR count). The molecule has 2 heteroatoms. The van der Waals surface area contributed by atoms with Gasteiger partial charge >= 0.3 is 5.97 Å². The van der Waals surface area contributed by atoms with Gasteiger partial charge in [0.25, 0.3) is 0 Å². The molecule has 2 nitrogen and oxygen atoms in total. The van der Waals surface area contributed by atoms with Crippen molar-refractivity contribution >= 4 is 5.97 Å². The summed E-state index contributed by atoms with van der Waals surface area (Å²) in [5.74, 6) is 0.374. The number of carbonyl (C=O) groups excluding carboxylic acids is 1. The molecule has 0 aliphatic rings. The van der Waals surface area contributed by atoms with Gasteiger partial charge in [-0.15, -0.1) is 0 Å². The predicted molar refractivity (Wildman–Crippen MR) is 77.4 cm³/mol. The van der Waals surface area contributed by atoms with Crippen molar-refractivity contribution in [1.29, 1.82) is 0 Å². The first-order valence-corrected chi connectivity index (χ1v) is 6.83. The smallest absolute Gasteiger partial charge is 0.330 e. The average molecular weight is 250 g/mol. The zero-order valence-corrected chi connectivity index (χ0v) is 11.9. The summed E-state index contributed by atoms with van der Waals surface area (Å²) in [6.07, 6.45) is 16.3. The summed E-state index contributed by atoms with van der Waals surface area (Å²) in [6.45, 7) is 6.59. The molecule has 0 aromatic heterocycles. The van der Waals surface area contributed by atoms with E-state index in [4.69, 9.17) is 4.74 Å². The van der Waals surface area contributed by atoms with E-state index in [1.165, 1.54) is 6.08 Å². The third-order valence-electron chi connectivity index (χ3n) is 2.28. The van der Waals surface area contributed by atoms with Gasteiger partial charge in [-0.2, -0.15) is 0 Å². The van der Waals surface area contributed by atoms with Crippen LogP contribution in [0.25, 0.3) is 0 Å². The summed E-state index contributed by atoms with van der Waals surface area (Å²) in [7, 11) is 0. The normalized spacial score (nSPS) is 12.2. The van der Waals surface area contributed by atoms with Crippen LogP contribution in [0, 0.1) is 5.92 Å². The number of hydrogen-bond acceptors (Lipinski definition) is 2. The van der Waals surface area contributed by atoms with Crippen LogP contribution in [0.15, 0.2) is 36.5 Å². The number of hydrogen-bond donors (Lipinski definition) is 0. The van der Waals surface area contributed by atoms with Crippen molar-refractivity contribution in [3.05, 3.63) is 36.5 Å². The summed E-state index contributed by atoms with van der Waals surface area (Å²) in [4.78, 5) is 11.0. The van der Waals surface area contributed by atoms with Gasteiger partial charge in [0, 0.05) is 6.08 Å². The highest BCUT2D eigenvalue weighted by molar-refractivity contribution is 5.81. The molecule has 102 valence electrons. The number of allylic oxidation sites excluding steroid dienone is 5. The van der Waals surface area contributed by atoms with E-state index in [1.54, 1.807) is 0 Å². The second-order valence-electron chi connectivity index (χ2n) is 4.50. The molecule has 0 radical (unpaired) electrons. The van der Waals surface area contributed by atoms with E-state index in [0.29, 0.717) is 12.5 Å². The molecule has 0 unspecified atom stereocenters. The fourth-order valence-corrected chi connectivity index (χ4v) is 1.36. The van der Waals surface area contributed by atoms with Crippen LogP contribution >= 0.6 is 0 Å². The van der Waals surface area contributed by atoms with Gasteiger partial charge < -0.3 is 4.74 Å². The lowest BCUT2D eigenvalue weighted by Gasteiger charge is -1.95. The molecule has 18 heavy (non-hydrogen) atoms. The molecule has 0 amide bonds. The van der Waals surface area contributed by atoms with Crippen LogP contribution in [0.3, 0.4) is 0 Å². The Kier molecular flexibility index (Phi) is 11.3. The second kappa shape index (κ2) is 12.2. The second-order valence-corrected chi connectivity index (χ2v) is 4.50. The maximum atomic E-state index is 11.0. The van der Waals surface area contributed by atoms with E-state index in [1.807, 2.05) is 13.0 Å². The summed E-state index contributed by atoms with van der Waals surface area (Å²) in [5.41, 5.74) is 0. The van der Waals surface area contributed by atoms with Crippen LogP contribution < -0.4 is 0 Å². The van der Waals surface area contributed by atoms with E-state index in [-0.39, 0.29) is 5.97 Å². The lowest BCUT2D eigenvalue weighted by molar-refractivity contribution is -0.137. The van der Waals surface area contributed by atoms with Gasteiger partial charge in [-0.05, 0) is 38.5 Å². The Balaban J connectivity index is 3.43. The Labute approximate surface area is 111 Å². The largest absolute Gasteiger partial charge is 0.463 e. The van der Waals surface area contributed by atoms with Crippen LogP contribution in [0.2, 0.25) is 0 Å². The Morgan fingerprint density at radius 1 is 1.11 bits per heavy atom. The Morgan fingerprint density at radius 3 is 2.39 bits per heavy atom. The highest BCUT2D eigenvalue weighted by atomic mass is 16.5. The molecule has 0 aliphatic carbocycles. The SMILES string of the molecule is CCOC(=O)/C=C/CCCC/C=C/C=C/C(C)C. The Bertz CT molecular complexity index is 285. The van der Waals surface area contributed by atoms with Crippen LogP contribution in [0.5, 0.6) is 0 Å². The molecule has 0 fully saturated rings. The number of carbonyl (C=O) groups is 1. The van der Waals surface area contributed by atoms with Crippen molar-refractivity contribution in [3.63, 3.8) is 0 Å². The molecule has 0 bridgehead atoms. The van der Waals surface area contributed by atoms with Crippen molar-refractivity contribution in [1.82, 2.24) is 0 Å². The van der Waals surface area contributed by atoms with E-state index in [9.17, 15) is 4.79 Å². The molecule has 0 aromatic rings. The van der Waals surface area contributed by atoms with Crippen LogP contribution in [0.1, 0.15) is 46.5 Å². The summed E-state index contributed by atoms with van der Waals surface area (Å²) < 4.78 is 4.79. The molecular formula is C16H26O2. The lowest BCUT2D eigenvalue weighted by Crippen LogP contribution is -1.98. The van der Waals surface area contributed by atoms with E-state index in [0.717, 1.165) is 25.7 Å². The minimum absolute atomic E-state index is 0.240. The molecular weight excluding hydrogens is 224 g/mol. The highest BCUT2D eigenvalue weighted by Crippen LogP contribution is 2.02. The average Bonchev–Trinajstić information content (AvgIpc) is 2.31. The molecule has 0 N–H and O–H groups in total. The molecule has 0 saturated carbocycles. The monoisotopic (exact) mass is 250 g/mol. The third kappa shape index (κ3) is 12.8. The zero-order chi connectivity index (χ0) is 13.6. The standard InChI is InChI=1S/C16H26O2/c1-4-18-16(17)14-12-10-8-6-5-7-9-11-13-15(2)3/h7,9,11-15H,4-6,8,10H2,1-3H3/b9-7+,13-11+,14-12+. The minimum atomic E-state index is -0.240. The summed E-state index contributed by atoms with van der Waals surface area (Å²) in [5, 5.41) is 0. The lowest BCUT2D eigenvalue weighted by atomic mass is 10.1. The molecule has 0 spiro atoms. The van der Waals surface area contributed by atoms with Crippen LogP contribution in [0.4, 0.5) is 0 Å². The minimum Gasteiger partial charge on any atom is -0.463 e. The van der Waals surface area contributed by atoms with E-state index < -0.39 is 0 Å². The van der Waals surface area contributed by atoms with Crippen LogP contribution in [-0.4, -0.2) is 12.6 Å². The van der Waals surface area contributed by atoms with Gasteiger partial charge in [-0.25, -0.2) is 4.79 Å². The van der Waals surface area contributed by atoms with Crippen molar-refractivity contribution in [2.75, 3.05) is 6.61 Å². The number of esters is 1. The predicted octanol–water partition coefficient (Wildman–Crippen LogP) is 4.43. The number of ether oxygens (including phenoxy) is 1. The molecule has 0 heterocycles. The van der Waals surface area contributed by atoms with Gasteiger partial charge in [0.1, 0.15) is 0 Å². The van der Waals surface area contributed by atoms with Crippen molar-refractivity contribution in [2.24, 2.45) is 5.92 Å². The Hall–Kier alpha value is -1.31. The fraction of sp³-hybridized carbons (Fsp3) is 0.562. The maximum absolute atomic E-state index is 11.0. The first kappa shape index (κ1) is 16.7. The summed E-state index contributed by atoms with van der Waals surface area (Å²) >= 11 is 0. The summed E-state index contributed by atoms with van der Waals surface area (Å²) in [6, 6.07) is 0. The fourth-order valence-electron chi connectivity index (χ4n) is 1.36. The quantitative estimate of drug-likeness (QED) is 0.262. The van der Waals surface area contributed by atoms with Gasteiger partial charge in [-0.1, -0.05) is 44.2 Å². The van der Waals surface area contributed by atoms with Gasteiger partial charge in [-0.3, -0.25) is 0 Å². The first-order chi connectivity index (χ1) is 8.66. The third-order valence-corrected chi connectivity index (χ3v) is 2.28. The van der Waals surface area contributed by atoms with Crippen molar-refractivity contribution in [3.8, 4) is 0 Å². The van der Waals surface area contributed by atoms with Gasteiger partial charge in [0.15, 0.2) is 0 Å². The molecule has 0 aromatic carbocycles. The highest BCUT2D eigenvalue weighted by Gasteiger charge is 1.91. The van der Waals surface area contributed by atoms with E-state index in [2.05, 4.69) is 38.2 Å². The molecule has 0 saturated heterocycles. The number of rotatable bonds is 9. The first-order valence-electron chi connectivity index (χ1n) is 6.83. The molecule has 0 aliphatic heterocycles. The van der Waals surface area contributed by atoms with Gasteiger partial charge in [0.2, 0.25) is 0 Å². The molecule has 0 atom stereocenters. The van der Waals surface area contributed by atoms with Gasteiger partial charge in [0.05, 0.1) is 6.61 Å². The topological polar surface area (TPSA) is 26.3 Å². The van der Waals surface area contributed by atoms with E-state index >= 15 is 0 Å². The number of unbranched alkanes of at least 4 members (excludes halogenated alkanes) is 3.